The van der Waals surface area contributed by atoms with Crippen LogP contribution in [0.3, 0.4) is 0 Å². The standard InChI is InChI=1S/C23H21N3O2S/c1-16(2)26(17-9-4-3-5-10-17)21(27)15-25-23(28)19-12-7-6-11-18(19)22(24-25)20-13-8-14-29-20/h3-14,16H,15H2,1-2H3. The van der Waals surface area contributed by atoms with E-state index in [-0.39, 0.29) is 24.1 Å². The molecule has 5 nitrogen and oxygen atoms in total. The third-order valence-corrected chi connectivity index (χ3v) is 5.60. The van der Waals surface area contributed by atoms with Crippen molar-refractivity contribution in [1.82, 2.24) is 9.78 Å². The van der Waals surface area contributed by atoms with Gasteiger partial charge in [0.1, 0.15) is 12.2 Å². The van der Waals surface area contributed by atoms with Gasteiger partial charge in [0.2, 0.25) is 5.91 Å². The lowest BCUT2D eigenvalue weighted by molar-refractivity contribution is -0.119. The number of rotatable bonds is 5. The summed E-state index contributed by atoms with van der Waals surface area (Å²) in [6.07, 6.45) is 0. The van der Waals surface area contributed by atoms with Crippen molar-refractivity contribution in [2.75, 3.05) is 4.90 Å². The van der Waals surface area contributed by atoms with Crippen LogP contribution in [0.1, 0.15) is 13.8 Å². The summed E-state index contributed by atoms with van der Waals surface area (Å²) in [5.41, 5.74) is 1.27. The second-order valence-electron chi connectivity index (χ2n) is 7.03. The number of para-hydroxylation sites is 1. The normalized spacial score (nSPS) is 11.1. The Balaban J connectivity index is 1.79. The Morgan fingerprint density at radius 2 is 1.69 bits per heavy atom. The van der Waals surface area contributed by atoms with Crippen LogP contribution in [0.25, 0.3) is 21.3 Å². The van der Waals surface area contributed by atoms with E-state index in [1.807, 2.05) is 79.9 Å². The van der Waals surface area contributed by atoms with Crippen molar-refractivity contribution >= 4 is 33.7 Å². The molecule has 0 aliphatic rings. The van der Waals surface area contributed by atoms with Crippen LogP contribution >= 0.6 is 11.3 Å². The highest BCUT2D eigenvalue weighted by Gasteiger charge is 2.21. The lowest BCUT2D eigenvalue weighted by Gasteiger charge is -2.27. The van der Waals surface area contributed by atoms with Crippen molar-refractivity contribution in [3.63, 3.8) is 0 Å². The molecule has 0 saturated heterocycles. The fraction of sp³-hybridized carbons (Fsp3) is 0.174. The zero-order chi connectivity index (χ0) is 20.4. The minimum absolute atomic E-state index is 0.0437. The van der Waals surface area contributed by atoms with E-state index in [2.05, 4.69) is 5.10 Å². The third-order valence-electron chi connectivity index (χ3n) is 4.73. The Hall–Kier alpha value is -3.25. The maximum absolute atomic E-state index is 13.2. The summed E-state index contributed by atoms with van der Waals surface area (Å²) in [4.78, 5) is 28.9. The number of carbonyl (C=O) groups excluding carboxylic acids is 1. The van der Waals surface area contributed by atoms with Gasteiger partial charge in [-0.25, -0.2) is 4.68 Å². The first kappa shape index (κ1) is 19.1. The first-order valence-electron chi connectivity index (χ1n) is 9.47. The molecule has 0 unspecified atom stereocenters. The number of amides is 1. The van der Waals surface area contributed by atoms with Gasteiger partial charge in [0.15, 0.2) is 0 Å². The van der Waals surface area contributed by atoms with Crippen LogP contribution in [0.15, 0.2) is 76.9 Å². The minimum Gasteiger partial charge on any atom is -0.308 e. The van der Waals surface area contributed by atoms with E-state index in [4.69, 9.17) is 0 Å². The Labute approximate surface area is 172 Å². The van der Waals surface area contributed by atoms with Gasteiger partial charge in [-0.05, 0) is 43.5 Å². The number of hydrogen-bond donors (Lipinski definition) is 0. The first-order chi connectivity index (χ1) is 14.1. The summed E-state index contributed by atoms with van der Waals surface area (Å²) in [7, 11) is 0. The highest BCUT2D eigenvalue weighted by atomic mass is 32.1. The van der Waals surface area contributed by atoms with Crippen LogP contribution in [-0.2, 0) is 11.3 Å². The van der Waals surface area contributed by atoms with Crippen LogP contribution in [0.5, 0.6) is 0 Å². The molecule has 4 rings (SSSR count). The summed E-state index contributed by atoms with van der Waals surface area (Å²) < 4.78 is 1.29. The average Bonchev–Trinajstić information content (AvgIpc) is 3.25. The Bertz CT molecular complexity index is 1200. The van der Waals surface area contributed by atoms with E-state index in [0.29, 0.717) is 5.39 Å². The molecule has 0 bridgehead atoms. The second-order valence-corrected chi connectivity index (χ2v) is 7.98. The average molecular weight is 404 g/mol. The molecular formula is C23H21N3O2S. The van der Waals surface area contributed by atoms with Crippen LogP contribution < -0.4 is 10.5 Å². The number of carbonyl (C=O) groups is 1. The fourth-order valence-electron chi connectivity index (χ4n) is 3.46. The van der Waals surface area contributed by atoms with Crippen molar-refractivity contribution in [2.24, 2.45) is 0 Å². The highest BCUT2D eigenvalue weighted by molar-refractivity contribution is 7.13. The molecule has 0 N–H and O–H groups in total. The molecule has 0 fully saturated rings. The number of thiophene rings is 1. The minimum atomic E-state index is -0.258. The van der Waals surface area contributed by atoms with Crippen LogP contribution in [0.2, 0.25) is 0 Å². The molecule has 4 aromatic rings. The van der Waals surface area contributed by atoms with Gasteiger partial charge < -0.3 is 4.90 Å². The maximum atomic E-state index is 13.2. The van der Waals surface area contributed by atoms with Crippen LogP contribution in [0, 0.1) is 0 Å². The largest absolute Gasteiger partial charge is 0.308 e. The van der Waals surface area contributed by atoms with E-state index in [1.165, 1.54) is 4.68 Å². The molecule has 1 amide bonds. The van der Waals surface area contributed by atoms with E-state index in [1.54, 1.807) is 22.3 Å². The zero-order valence-corrected chi connectivity index (χ0v) is 17.1. The van der Waals surface area contributed by atoms with E-state index >= 15 is 0 Å². The van der Waals surface area contributed by atoms with Crippen molar-refractivity contribution in [3.05, 3.63) is 82.5 Å². The fourth-order valence-corrected chi connectivity index (χ4v) is 4.18. The third kappa shape index (κ3) is 3.71. The second kappa shape index (κ2) is 8.01. The molecule has 6 heteroatoms. The van der Waals surface area contributed by atoms with Gasteiger partial charge in [-0.15, -0.1) is 11.3 Å². The molecular weight excluding hydrogens is 382 g/mol. The quantitative estimate of drug-likeness (QED) is 0.491. The molecule has 0 aliphatic carbocycles. The van der Waals surface area contributed by atoms with Crippen LogP contribution in [-0.4, -0.2) is 21.7 Å². The van der Waals surface area contributed by atoms with Crippen LogP contribution in [0.4, 0.5) is 5.69 Å². The number of benzene rings is 2. The molecule has 2 heterocycles. The number of hydrogen-bond acceptors (Lipinski definition) is 4. The highest BCUT2D eigenvalue weighted by Crippen LogP contribution is 2.28. The molecule has 2 aromatic carbocycles. The predicted molar refractivity (Wildman–Crippen MR) is 118 cm³/mol. The molecule has 146 valence electrons. The topological polar surface area (TPSA) is 55.2 Å². The lowest BCUT2D eigenvalue weighted by atomic mass is 10.1. The smallest absolute Gasteiger partial charge is 0.275 e. The van der Waals surface area contributed by atoms with Gasteiger partial charge in [0.25, 0.3) is 5.56 Å². The van der Waals surface area contributed by atoms with Gasteiger partial charge in [-0.2, -0.15) is 5.10 Å². The van der Waals surface area contributed by atoms with Gasteiger partial charge in [0.05, 0.1) is 10.3 Å². The zero-order valence-electron chi connectivity index (χ0n) is 16.3. The first-order valence-corrected chi connectivity index (χ1v) is 10.3. The van der Waals surface area contributed by atoms with Crippen molar-refractivity contribution < 1.29 is 4.79 Å². The molecule has 0 aliphatic heterocycles. The Morgan fingerprint density at radius 1 is 1.00 bits per heavy atom. The SMILES string of the molecule is CC(C)N(C(=O)Cn1nc(-c2cccs2)c2ccccc2c1=O)c1ccccc1. The molecule has 0 saturated carbocycles. The molecule has 0 radical (unpaired) electrons. The summed E-state index contributed by atoms with van der Waals surface area (Å²) >= 11 is 1.56. The monoisotopic (exact) mass is 403 g/mol. The number of nitrogens with zero attached hydrogens (tertiary/aromatic N) is 3. The molecule has 29 heavy (non-hydrogen) atoms. The van der Waals surface area contributed by atoms with E-state index < -0.39 is 0 Å². The number of aromatic nitrogens is 2. The van der Waals surface area contributed by atoms with E-state index in [9.17, 15) is 9.59 Å². The van der Waals surface area contributed by atoms with Gasteiger partial charge in [-0.1, -0.05) is 42.5 Å². The maximum Gasteiger partial charge on any atom is 0.275 e. The Morgan fingerprint density at radius 3 is 2.34 bits per heavy atom. The number of fused-ring (bicyclic) bond motifs is 1. The summed E-state index contributed by atoms with van der Waals surface area (Å²) in [6.45, 7) is 3.80. The van der Waals surface area contributed by atoms with Gasteiger partial charge >= 0.3 is 0 Å². The molecule has 0 spiro atoms. The van der Waals surface area contributed by atoms with E-state index in [0.717, 1.165) is 21.6 Å². The van der Waals surface area contributed by atoms with Gasteiger partial charge in [0, 0.05) is 17.1 Å². The summed E-state index contributed by atoms with van der Waals surface area (Å²) in [5.74, 6) is -0.173. The molecule has 0 atom stereocenters. The van der Waals surface area contributed by atoms with Gasteiger partial charge in [-0.3, -0.25) is 9.59 Å². The predicted octanol–water partition coefficient (Wildman–Crippen LogP) is 4.57. The summed E-state index contributed by atoms with van der Waals surface area (Å²) in [5, 5.41) is 7.92. The lowest BCUT2D eigenvalue weighted by Crippen LogP contribution is -2.41. The summed E-state index contributed by atoms with van der Waals surface area (Å²) in [6, 6.07) is 20.8. The van der Waals surface area contributed by atoms with Crippen molar-refractivity contribution in [3.8, 4) is 10.6 Å². The van der Waals surface area contributed by atoms with Crippen molar-refractivity contribution in [1.29, 1.82) is 0 Å². The Kier molecular flexibility index (Phi) is 5.27. The number of anilines is 1. The molecule has 2 aromatic heterocycles. The van der Waals surface area contributed by atoms with Crippen molar-refractivity contribution in [2.45, 2.75) is 26.4 Å².